The van der Waals surface area contributed by atoms with Gasteiger partial charge < -0.3 is 11.5 Å². The van der Waals surface area contributed by atoms with Crippen molar-refractivity contribution in [3.63, 3.8) is 0 Å². The van der Waals surface area contributed by atoms with Crippen LogP contribution >= 0.6 is 0 Å². The number of guanidine groups is 2. The predicted molar refractivity (Wildman–Crippen MR) is 95.6 cm³/mol. The highest BCUT2D eigenvalue weighted by Gasteiger charge is 2.42. The van der Waals surface area contributed by atoms with Gasteiger partial charge in [0.25, 0.3) is 0 Å². The molecule has 1 aliphatic heterocycles. The van der Waals surface area contributed by atoms with Crippen LogP contribution in [0.25, 0.3) is 11.3 Å². The number of aliphatic imine (C=N–C) groups is 2. The fourth-order valence-electron chi connectivity index (χ4n) is 3.72. The fourth-order valence-corrected chi connectivity index (χ4v) is 3.72. The molecule has 24 heavy (non-hydrogen) atoms. The zero-order chi connectivity index (χ0) is 16.6. The number of nitrogens with zero attached hydrogens (tertiary/aromatic N) is 4. The summed E-state index contributed by atoms with van der Waals surface area (Å²) >= 11 is 0. The van der Waals surface area contributed by atoms with Gasteiger partial charge in [-0.1, -0.05) is 18.6 Å². The van der Waals surface area contributed by atoms with E-state index in [0.29, 0.717) is 5.96 Å². The Morgan fingerprint density at radius 1 is 1.08 bits per heavy atom. The number of H-pyrrole nitrogens is 1. The third kappa shape index (κ3) is 2.42. The summed E-state index contributed by atoms with van der Waals surface area (Å²) in [4.78, 5) is 11.0. The summed E-state index contributed by atoms with van der Waals surface area (Å²) in [6.07, 6.45) is 7.04. The maximum absolute atomic E-state index is 6.27. The van der Waals surface area contributed by atoms with E-state index in [-0.39, 0.29) is 5.96 Å². The molecule has 4 rings (SSSR count). The average molecular weight is 323 g/mol. The first-order valence-corrected chi connectivity index (χ1v) is 8.27. The van der Waals surface area contributed by atoms with Crippen molar-refractivity contribution >= 4 is 17.6 Å². The standard InChI is InChI=1S/C17H21N7/c18-15-21-16(19)24(17(22-15)8-2-1-3-9-17)13-6-4-5-12(11-13)14-7-10-20-23-14/h4-7,10-11H,1-3,8-9H2,(H,20,23)(H4,18,19,21,22). The van der Waals surface area contributed by atoms with E-state index in [1.54, 1.807) is 6.20 Å². The Balaban J connectivity index is 1.79. The van der Waals surface area contributed by atoms with Crippen molar-refractivity contribution in [2.24, 2.45) is 21.5 Å². The van der Waals surface area contributed by atoms with E-state index in [4.69, 9.17) is 16.5 Å². The van der Waals surface area contributed by atoms with Gasteiger partial charge >= 0.3 is 0 Å². The molecule has 1 spiro atoms. The molecule has 1 fully saturated rings. The Labute approximate surface area is 140 Å². The van der Waals surface area contributed by atoms with Crippen molar-refractivity contribution in [2.45, 2.75) is 37.8 Å². The zero-order valence-electron chi connectivity index (χ0n) is 13.4. The number of benzene rings is 1. The van der Waals surface area contributed by atoms with Crippen LogP contribution in [0.5, 0.6) is 0 Å². The van der Waals surface area contributed by atoms with Gasteiger partial charge in [0.15, 0.2) is 0 Å². The fraction of sp³-hybridized carbons (Fsp3) is 0.353. The number of hydrogen-bond acceptors (Lipinski definition) is 6. The van der Waals surface area contributed by atoms with Gasteiger partial charge in [-0.25, -0.2) is 4.99 Å². The predicted octanol–water partition coefficient (Wildman–Crippen LogP) is 2.19. The SMILES string of the molecule is NC1=NC2(CCCCC2)N(c2cccc(-c3ccn[nH]3)c2)C(N)=N1. The lowest BCUT2D eigenvalue weighted by molar-refractivity contribution is 0.305. The van der Waals surface area contributed by atoms with Gasteiger partial charge in [0, 0.05) is 17.4 Å². The Hall–Kier alpha value is -2.83. The topological polar surface area (TPSA) is 109 Å². The van der Waals surface area contributed by atoms with Crippen LogP contribution in [-0.4, -0.2) is 27.8 Å². The van der Waals surface area contributed by atoms with Crippen LogP contribution in [0.4, 0.5) is 5.69 Å². The Morgan fingerprint density at radius 2 is 1.92 bits per heavy atom. The monoisotopic (exact) mass is 323 g/mol. The van der Waals surface area contributed by atoms with Crippen molar-refractivity contribution in [3.05, 3.63) is 36.5 Å². The van der Waals surface area contributed by atoms with Crippen molar-refractivity contribution in [3.8, 4) is 11.3 Å². The lowest BCUT2D eigenvalue weighted by Crippen LogP contribution is -2.58. The minimum absolute atomic E-state index is 0.273. The van der Waals surface area contributed by atoms with Crippen LogP contribution in [0.1, 0.15) is 32.1 Å². The number of nitrogens with two attached hydrogens (primary N) is 2. The van der Waals surface area contributed by atoms with Crippen LogP contribution in [-0.2, 0) is 0 Å². The lowest BCUT2D eigenvalue weighted by atomic mass is 9.87. The molecule has 0 unspecified atom stereocenters. The normalized spacial score (nSPS) is 19.9. The smallest absolute Gasteiger partial charge is 0.220 e. The van der Waals surface area contributed by atoms with E-state index in [0.717, 1.165) is 42.6 Å². The molecule has 0 saturated heterocycles. The molecule has 0 atom stereocenters. The number of hydrogen-bond donors (Lipinski definition) is 3. The van der Waals surface area contributed by atoms with Gasteiger partial charge in [-0.2, -0.15) is 10.1 Å². The van der Waals surface area contributed by atoms with Crippen LogP contribution in [0.15, 0.2) is 46.5 Å². The van der Waals surface area contributed by atoms with E-state index < -0.39 is 5.66 Å². The van der Waals surface area contributed by atoms with E-state index in [9.17, 15) is 0 Å². The maximum atomic E-state index is 6.27. The largest absolute Gasteiger partial charge is 0.369 e. The second kappa shape index (κ2) is 5.67. The van der Waals surface area contributed by atoms with E-state index in [1.807, 2.05) is 29.2 Å². The first kappa shape index (κ1) is 14.7. The highest BCUT2D eigenvalue weighted by atomic mass is 15.4. The Kier molecular flexibility index (Phi) is 3.48. The molecule has 7 heteroatoms. The second-order valence-corrected chi connectivity index (χ2v) is 6.34. The summed E-state index contributed by atoms with van der Waals surface area (Å²) < 4.78 is 0. The third-order valence-electron chi connectivity index (χ3n) is 4.77. The van der Waals surface area contributed by atoms with E-state index in [1.165, 1.54) is 6.42 Å². The van der Waals surface area contributed by atoms with Gasteiger partial charge in [-0.3, -0.25) is 10.00 Å². The summed E-state index contributed by atoms with van der Waals surface area (Å²) in [6.45, 7) is 0. The zero-order valence-corrected chi connectivity index (χ0v) is 13.4. The highest BCUT2D eigenvalue weighted by molar-refractivity contribution is 6.05. The molecule has 2 heterocycles. The van der Waals surface area contributed by atoms with Crippen molar-refractivity contribution < 1.29 is 0 Å². The van der Waals surface area contributed by atoms with Gasteiger partial charge in [0.1, 0.15) is 5.66 Å². The summed E-state index contributed by atoms with van der Waals surface area (Å²) in [5, 5.41) is 7.02. The molecule has 2 aromatic rings. The average Bonchev–Trinajstić information content (AvgIpc) is 3.09. The van der Waals surface area contributed by atoms with Crippen LogP contribution in [0.3, 0.4) is 0 Å². The molecule has 0 amide bonds. The number of aromatic nitrogens is 2. The molecular weight excluding hydrogens is 302 g/mol. The van der Waals surface area contributed by atoms with Gasteiger partial charge in [0.2, 0.25) is 11.9 Å². The van der Waals surface area contributed by atoms with Gasteiger partial charge in [-0.05, 0) is 43.9 Å². The molecule has 124 valence electrons. The summed E-state index contributed by atoms with van der Waals surface area (Å²) in [5.74, 6) is 0.682. The number of rotatable bonds is 2. The van der Waals surface area contributed by atoms with E-state index >= 15 is 0 Å². The second-order valence-electron chi connectivity index (χ2n) is 6.34. The summed E-state index contributed by atoms with van der Waals surface area (Å²) in [7, 11) is 0. The van der Waals surface area contributed by atoms with Gasteiger partial charge in [0.05, 0.1) is 5.69 Å². The number of aromatic amines is 1. The third-order valence-corrected chi connectivity index (χ3v) is 4.77. The molecule has 1 aromatic heterocycles. The lowest BCUT2D eigenvalue weighted by Gasteiger charge is -2.45. The van der Waals surface area contributed by atoms with Crippen LogP contribution in [0, 0.1) is 0 Å². The molecule has 2 aliphatic rings. The molecule has 0 radical (unpaired) electrons. The van der Waals surface area contributed by atoms with Crippen molar-refractivity contribution in [1.82, 2.24) is 10.2 Å². The molecule has 7 nitrogen and oxygen atoms in total. The van der Waals surface area contributed by atoms with Crippen LogP contribution in [0.2, 0.25) is 0 Å². The number of nitrogens with one attached hydrogen (secondary N) is 1. The van der Waals surface area contributed by atoms with Gasteiger partial charge in [-0.15, -0.1) is 0 Å². The Morgan fingerprint density at radius 3 is 2.67 bits per heavy atom. The maximum Gasteiger partial charge on any atom is 0.220 e. The highest BCUT2D eigenvalue weighted by Crippen LogP contribution is 2.40. The summed E-state index contributed by atoms with van der Waals surface area (Å²) in [5.41, 5.74) is 14.8. The molecular formula is C17H21N7. The van der Waals surface area contributed by atoms with Crippen LogP contribution < -0.4 is 16.4 Å². The van der Waals surface area contributed by atoms with Crippen molar-refractivity contribution in [1.29, 1.82) is 0 Å². The minimum Gasteiger partial charge on any atom is -0.369 e. The first-order valence-electron chi connectivity index (χ1n) is 8.27. The van der Waals surface area contributed by atoms with E-state index in [2.05, 4.69) is 21.3 Å². The number of anilines is 1. The quantitative estimate of drug-likeness (QED) is 0.787. The molecule has 1 saturated carbocycles. The molecule has 0 bridgehead atoms. The summed E-state index contributed by atoms with van der Waals surface area (Å²) in [6, 6.07) is 10.1. The minimum atomic E-state index is -0.416. The Bertz CT molecular complexity index is 785. The molecule has 5 N–H and O–H groups in total. The van der Waals surface area contributed by atoms with Crippen molar-refractivity contribution in [2.75, 3.05) is 4.90 Å². The first-order chi connectivity index (χ1) is 11.7. The molecule has 1 aliphatic carbocycles. The molecule has 1 aromatic carbocycles.